The van der Waals surface area contributed by atoms with Gasteiger partial charge in [0.05, 0.1) is 0 Å². The van der Waals surface area contributed by atoms with Crippen LogP contribution in [0.2, 0.25) is 0 Å². The zero-order chi connectivity index (χ0) is 16.8. The van der Waals surface area contributed by atoms with Gasteiger partial charge in [-0.15, -0.1) is 0 Å². The van der Waals surface area contributed by atoms with Gasteiger partial charge in [0.1, 0.15) is 11.5 Å². The molecule has 118 valence electrons. The smallest absolute Gasteiger partial charge is 0.328 e. The number of carboxylic acid groups (broad SMARTS) is 1. The van der Waals surface area contributed by atoms with Crippen molar-refractivity contribution in [3.8, 4) is 11.5 Å². The summed E-state index contributed by atoms with van der Waals surface area (Å²) in [6.07, 6.45) is 1.85. The molecule has 2 aromatic carbocycles. The molecule has 0 aliphatic carbocycles. The van der Waals surface area contributed by atoms with Gasteiger partial charge in [-0.1, -0.05) is 26.0 Å². The SMILES string of the molecule is CC(C)c1ccc(Oc2ccc(C(=O)/C=C/C(=O)O)cc2)cc1. The van der Waals surface area contributed by atoms with Crippen LogP contribution in [0, 0.1) is 0 Å². The van der Waals surface area contributed by atoms with Crippen molar-refractivity contribution >= 4 is 11.8 Å². The van der Waals surface area contributed by atoms with Crippen molar-refractivity contribution in [1.29, 1.82) is 0 Å². The Kier molecular flexibility index (Phi) is 5.31. The topological polar surface area (TPSA) is 63.6 Å². The van der Waals surface area contributed by atoms with Gasteiger partial charge >= 0.3 is 5.97 Å². The summed E-state index contributed by atoms with van der Waals surface area (Å²) in [5.41, 5.74) is 1.65. The Morgan fingerprint density at radius 2 is 1.43 bits per heavy atom. The molecule has 1 N–H and O–H groups in total. The highest BCUT2D eigenvalue weighted by Gasteiger charge is 2.04. The summed E-state index contributed by atoms with van der Waals surface area (Å²) in [4.78, 5) is 22.1. The second-order valence-corrected chi connectivity index (χ2v) is 5.39. The number of hydrogen-bond donors (Lipinski definition) is 1. The van der Waals surface area contributed by atoms with Crippen molar-refractivity contribution in [2.24, 2.45) is 0 Å². The molecule has 0 saturated carbocycles. The van der Waals surface area contributed by atoms with Crippen molar-refractivity contribution in [2.45, 2.75) is 19.8 Å². The van der Waals surface area contributed by atoms with Gasteiger partial charge in [0.15, 0.2) is 5.78 Å². The molecule has 0 aliphatic heterocycles. The Morgan fingerprint density at radius 3 is 1.91 bits per heavy atom. The predicted octanol–water partition coefficient (Wildman–Crippen LogP) is 4.43. The van der Waals surface area contributed by atoms with Crippen molar-refractivity contribution in [3.63, 3.8) is 0 Å². The zero-order valence-electron chi connectivity index (χ0n) is 13.0. The minimum absolute atomic E-state index is 0.361. The van der Waals surface area contributed by atoms with Gasteiger partial charge in [0.2, 0.25) is 0 Å². The zero-order valence-corrected chi connectivity index (χ0v) is 13.0. The molecule has 0 heterocycles. The maximum Gasteiger partial charge on any atom is 0.328 e. The summed E-state index contributed by atoms with van der Waals surface area (Å²) in [6.45, 7) is 4.26. The first kappa shape index (κ1) is 16.5. The molecule has 0 amide bonds. The van der Waals surface area contributed by atoms with Crippen molar-refractivity contribution in [2.75, 3.05) is 0 Å². The molecule has 0 fully saturated rings. The Bertz CT molecular complexity index is 710. The van der Waals surface area contributed by atoms with Gasteiger partial charge in [-0.25, -0.2) is 4.79 Å². The number of aliphatic carboxylic acids is 1. The van der Waals surface area contributed by atoms with E-state index in [0.29, 0.717) is 17.2 Å². The third kappa shape index (κ3) is 4.81. The number of rotatable bonds is 6. The van der Waals surface area contributed by atoms with E-state index in [1.165, 1.54) is 5.56 Å². The average Bonchev–Trinajstić information content (AvgIpc) is 2.54. The van der Waals surface area contributed by atoms with Gasteiger partial charge in [-0.3, -0.25) is 4.79 Å². The highest BCUT2D eigenvalue weighted by atomic mass is 16.5. The molecule has 2 rings (SSSR count). The molecule has 2 aromatic rings. The number of ether oxygens (including phenoxy) is 1. The predicted molar refractivity (Wildman–Crippen MR) is 88.2 cm³/mol. The lowest BCUT2D eigenvalue weighted by atomic mass is 10.0. The largest absolute Gasteiger partial charge is 0.478 e. The van der Waals surface area contributed by atoms with E-state index in [1.54, 1.807) is 24.3 Å². The molecule has 0 spiro atoms. The normalized spacial score (nSPS) is 10.9. The van der Waals surface area contributed by atoms with E-state index in [-0.39, 0.29) is 5.78 Å². The highest BCUT2D eigenvalue weighted by molar-refractivity contribution is 6.06. The minimum atomic E-state index is -1.15. The first-order valence-electron chi connectivity index (χ1n) is 7.29. The van der Waals surface area contributed by atoms with Crippen LogP contribution in [0.3, 0.4) is 0 Å². The molecule has 23 heavy (non-hydrogen) atoms. The van der Waals surface area contributed by atoms with Crippen molar-refractivity contribution < 1.29 is 19.4 Å². The molecule has 0 bridgehead atoms. The van der Waals surface area contributed by atoms with Gasteiger partial charge in [-0.2, -0.15) is 0 Å². The summed E-state index contributed by atoms with van der Waals surface area (Å²) in [6, 6.07) is 14.4. The molecule has 0 saturated heterocycles. The van der Waals surface area contributed by atoms with Crippen LogP contribution in [0.1, 0.15) is 35.7 Å². The van der Waals surface area contributed by atoms with E-state index in [9.17, 15) is 9.59 Å². The van der Waals surface area contributed by atoms with Crippen LogP contribution in [-0.4, -0.2) is 16.9 Å². The van der Waals surface area contributed by atoms with E-state index < -0.39 is 5.97 Å². The molecular weight excluding hydrogens is 292 g/mol. The summed E-state index contributed by atoms with van der Waals surface area (Å²) in [5.74, 6) is 0.289. The second-order valence-electron chi connectivity index (χ2n) is 5.39. The van der Waals surface area contributed by atoms with Crippen LogP contribution in [0.5, 0.6) is 11.5 Å². The average molecular weight is 310 g/mol. The second kappa shape index (κ2) is 7.40. The molecule has 0 atom stereocenters. The van der Waals surface area contributed by atoms with Crippen LogP contribution in [-0.2, 0) is 4.79 Å². The number of allylic oxidation sites excluding steroid dienone is 1. The molecular formula is C19H18O4. The lowest BCUT2D eigenvalue weighted by Gasteiger charge is -2.09. The maximum atomic E-state index is 11.7. The molecule has 0 aliphatic rings. The Balaban J connectivity index is 2.05. The molecule has 4 heteroatoms. The van der Waals surface area contributed by atoms with Crippen LogP contribution >= 0.6 is 0 Å². The Morgan fingerprint density at radius 1 is 0.913 bits per heavy atom. The van der Waals surface area contributed by atoms with E-state index in [4.69, 9.17) is 9.84 Å². The number of ketones is 1. The van der Waals surface area contributed by atoms with Crippen LogP contribution in [0.4, 0.5) is 0 Å². The van der Waals surface area contributed by atoms with Gasteiger partial charge in [0, 0.05) is 11.6 Å². The van der Waals surface area contributed by atoms with Crippen LogP contribution in [0.15, 0.2) is 60.7 Å². The van der Waals surface area contributed by atoms with Crippen LogP contribution < -0.4 is 4.74 Å². The number of carbonyl (C=O) groups excluding carboxylic acids is 1. The Hall–Kier alpha value is -2.88. The lowest BCUT2D eigenvalue weighted by molar-refractivity contribution is -0.131. The lowest BCUT2D eigenvalue weighted by Crippen LogP contribution is -1.96. The quantitative estimate of drug-likeness (QED) is 0.633. The Labute approximate surface area is 135 Å². The molecule has 0 aromatic heterocycles. The fourth-order valence-electron chi connectivity index (χ4n) is 1.99. The number of carboxylic acids is 1. The number of carbonyl (C=O) groups is 2. The third-order valence-corrected chi connectivity index (χ3v) is 3.30. The first-order chi connectivity index (χ1) is 11.0. The standard InChI is InChI=1S/C19H18O4/c1-13(2)14-3-7-16(8-4-14)23-17-9-5-15(6-10-17)18(20)11-12-19(21)22/h3-13H,1-2H3,(H,21,22)/b12-11+. The van der Waals surface area contributed by atoms with Gasteiger partial charge in [0.25, 0.3) is 0 Å². The van der Waals surface area contributed by atoms with E-state index in [0.717, 1.165) is 17.9 Å². The summed E-state index contributed by atoms with van der Waals surface area (Å²) >= 11 is 0. The minimum Gasteiger partial charge on any atom is -0.478 e. The highest BCUT2D eigenvalue weighted by Crippen LogP contribution is 2.24. The van der Waals surface area contributed by atoms with Crippen LogP contribution in [0.25, 0.3) is 0 Å². The fraction of sp³-hybridized carbons (Fsp3) is 0.158. The van der Waals surface area contributed by atoms with E-state index >= 15 is 0 Å². The van der Waals surface area contributed by atoms with E-state index in [2.05, 4.69) is 13.8 Å². The summed E-state index contributed by atoms with van der Waals surface area (Å²) in [5, 5.41) is 8.51. The molecule has 0 radical (unpaired) electrons. The number of hydrogen-bond acceptors (Lipinski definition) is 3. The van der Waals surface area contributed by atoms with E-state index in [1.807, 2.05) is 24.3 Å². The molecule has 0 unspecified atom stereocenters. The van der Waals surface area contributed by atoms with Crippen molar-refractivity contribution in [1.82, 2.24) is 0 Å². The van der Waals surface area contributed by atoms with Crippen molar-refractivity contribution in [3.05, 3.63) is 71.8 Å². The number of benzene rings is 2. The van der Waals surface area contributed by atoms with Gasteiger partial charge < -0.3 is 9.84 Å². The van der Waals surface area contributed by atoms with Gasteiger partial charge in [-0.05, 0) is 54.0 Å². The molecule has 4 nitrogen and oxygen atoms in total. The first-order valence-corrected chi connectivity index (χ1v) is 7.29. The summed E-state index contributed by atoms with van der Waals surface area (Å²) in [7, 11) is 0. The maximum absolute atomic E-state index is 11.7. The third-order valence-electron chi connectivity index (χ3n) is 3.30. The monoisotopic (exact) mass is 310 g/mol. The summed E-state index contributed by atoms with van der Waals surface area (Å²) < 4.78 is 5.72. The fourth-order valence-corrected chi connectivity index (χ4v) is 1.99.